The molecule has 1 saturated carbocycles. The van der Waals surface area contributed by atoms with E-state index in [-0.39, 0.29) is 5.54 Å². The van der Waals surface area contributed by atoms with Crippen LogP contribution in [0.15, 0.2) is 0 Å². The molecule has 0 spiro atoms. The number of nitrogens with zero attached hydrogens (tertiary/aromatic N) is 1. The molecule has 64 valence electrons. The van der Waals surface area contributed by atoms with Crippen molar-refractivity contribution in [1.29, 1.82) is 0 Å². The van der Waals surface area contributed by atoms with E-state index in [4.69, 9.17) is 16.3 Å². The molecular formula is C7H12ClNO2. The van der Waals surface area contributed by atoms with Crippen molar-refractivity contribution < 1.29 is 9.53 Å². The van der Waals surface area contributed by atoms with Gasteiger partial charge in [-0.1, -0.05) is 0 Å². The Morgan fingerprint density at radius 2 is 2.27 bits per heavy atom. The summed E-state index contributed by atoms with van der Waals surface area (Å²) in [6.07, 6.45) is 1.99. The molecule has 3 nitrogen and oxygen atoms in total. The second-order valence-electron chi connectivity index (χ2n) is 2.97. The summed E-state index contributed by atoms with van der Waals surface area (Å²) < 4.78 is 4.99. The van der Waals surface area contributed by atoms with E-state index >= 15 is 0 Å². The zero-order chi connectivity index (χ0) is 8.48. The summed E-state index contributed by atoms with van der Waals surface area (Å²) in [6, 6.07) is 0. The Morgan fingerprint density at radius 3 is 2.55 bits per heavy atom. The number of hydrogen-bond donors (Lipinski definition) is 0. The number of hydrogen-bond acceptors (Lipinski definition) is 2. The molecule has 11 heavy (non-hydrogen) atoms. The van der Waals surface area contributed by atoms with Crippen molar-refractivity contribution in [3.05, 3.63) is 0 Å². The molecule has 1 aliphatic rings. The predicted molar refractivity (Wildman–Crippen MR) is 42.9 cm³/mol. The third-order valence-electron chi connectivity index (χ3n) is 2.22. The zero-order valence-electron chi connectivity index (χ0n) is 6.76. The lowest BCUT2D eigenvalue weighted by Gasteiger charge is -2.24. The Balaban J connectivity index is 2.50. The number of ether oxygens (including phenoxy) is 1. The Kier molecular flexibility index (Phi) is 2.40. The minimum absolute atomic E-state index is 0.0897. The van der Waals surface area contributed by atoms with Gasteiger partial charge in [-0.25, -0.2) is 0 Å². The molecule has 1 fully saturated rings. The first-order valence-corrected chi connectivity index (χ1v) is 3.92. The minimum atomic E-state index is -0.403. The number of halogens is 1. The monoisotopic (exact) mass is 177 g/mol. The highest BCUT2D eigenvalue weighted by Gasteiger charge is 2.48. The zero-order valence-corrected chi connectivity index (χ0v) is 7.52. The third-order valence-corrected chi connectivity index (χ3v) is 2.47. The normalized spacial score (nSPS) is 19.5. The van der Waals surface area contributed by atoms with Crippen LogP contribution in [0.5, 0.6) is 0 Å². The standard InChI is InChI=1S/C7H12ClNO2/c1-9(6(8)10)7(3-4-7)5-11-2/h3-5H2,1-2H3. The predicted octanol–water partition coefficient (Wildman–Crippen LogP) is 1.46. The van der Waals surface area contributed by atoms with Crippen molar-refractivity contribution >= 4 is 17.0 Å². The molecule has 4 heteroatoms. The topological polar surface area (TPSA) is 29.5 Å². The molecule has 0 atom stereocenters. The molecule has 0 aromatic rings. The van der Waals surface area contributed by atoms with Crippen molar-refractivity contribution in [1.82, 2.24) is 4.90 Å². The molecule has 0 aromatic heterocycles. The molecule has 0 bridgehead atoms. The Hall–Kier alpha value is -0.280. The SMILES string of the molecule is COCC1(N(C)C(=O)Cl)CC1. The molecule has 0 aromatic carbocycles. The van der Waals surface area contributed by atoms with Crippen LogP contribution in [0.25, 0.3) is 0 Å². The molecule has 0 aliphatic heterocycles. The number of methoxy groups -OCH3 is 1. The van der Waals surface area contributed by atoms with Crippen LogP contribution in [0.3, 0.4) is 0 Å². The van der Waals surface area contributed by atoms with Crippen molar-refractivity contribution in [3.8, 4) is 0 Å². The van der Waals surface area contributed by atoms with Crippen LogP contribution in [0.4, 0.5) is 4.79 Å². The van der Waals surface area contributed by atoms with Crippen LogP contribution >= 0.6 is 11.6 Å². The van der Waals surface area contributed by atoms with E-state index < -0.39 is 5.37 Å². The fourth-order valence-electron chi connectivity index (χ4n) is 1.18. The maximum absolute atomic E-state index is 10.7. The first-order chi connectivity index (χ1) is 5.12. The summed E-state index contributed by atoms with van der Waals surface area (Å²) in [5.41, 5.74) is -0.0897. The quantitative estimate of drug-likeness (QED) is 0.483. The van der Waals surface area contributed by atoms with E-state index in [0.29, 0.717) is 6.61 Å². The first-order valence-electron chi connectivity index (χ1n) is 3.55. The third kappa shape index (κ3) is 1.65. The average molecular weight is 178 g/mol. The van der Waals surface area contributed by atoms with Gasteiger partial charge in [0.1, 0.15) is 0 Å². The molecule has 1 amide bonds. The second kappa shape index (κ2) is 2.99. The summed E-state index contributed by atoms with van der Waals surface area (Å²) in [5, 5.41) is -0.403. The molecule has 0 radical (unpaired) electrons. The van der Waals surface area contributed by atoms with Crippen LogP contribution in [-0.2, 0) is 4.74 Å². The molecule has 1 rings (SSSR count). The van der Waals surface area contributed by atoms with Gasteiger partial charge in [0.05, 0.1) is 12.1 Å². The Morgan fingerprint density at radius 1 is 1.73 bits per heavy atom. The molecule has 1 aliphatic carbocycles. The summed E-state index contributed by atoms with van der Waals surface area (Å²) >= 11 is 5.32. The minimum Gasteiger partial charge on any atom is -0.382 e. The lowest BCUT2D eigenvalue weighted by atomic mass is 10.3. The van der Waals surface area contributed by atoms with E-state index in [1.165, 1.54) is 0 Å². The fraction of sp³-hybridized carbons (Fsp3) is 0.857. The summed E-state index contributed by atoms with van der Waals surface area (Å²) in [7, 11) is 3.34. The summed E-state index contributed by atoms with van der Waals surface area (Å²) in [6.45, 7) is 0.585. The van der Waals surface area contributed by atoms with Gasteiger partial charge < -0.3 is 9.64 Å². The van der Waals surface area contributed by atoms with Gasteiger partial charge in [0.15, 0.2) is 0 Å². The van der Waals surface area contributed by atoms with Crippen molar-refractivity contribution in [3.63, 3.8) is 0 Å². The van der Waals surface area contributed by atoms with Gasteiger partial charge >= 0.3 is 5.37 Å². The van der Waals surface area contributed by atoms with Crippen LogP contribution in [0.2, 0.25) is 0 Å². The fourth-order valence-corrected chi connectivity index (χ4v) is 1.36. The van der Waals surface area contributed by atoms with E-state index in [1.807, 2.05) is 0 Å². The maximum Gasteiger partial charge on any atom is 0.316 e. The summed E-state index contributed by atoms with van der Waals surface area (Å²) in [4.78, 5) is 12.3. The van der Waals surface area contributed by atoms with E-state index in [9.17, 15) is 4.79 Å². The van der Waals surface area contributed by atoms with Crippen molar-refractivity contribution in [2.45, 2.75) is 18.4 Å². The number of amides is 1. The maximum atomic E-state index is 10.7. The Bertz CT molecular complexity index is 168. The number of rotatable bonds is 3. The van der Waals surface area contributed by atoms with Crippen LogP contribution in [0, 0.1) is 0 Å². The highest BCUT2D eigenvalue weighted by molar-refractivity contribution is 6.62. The molecule has 0 saturated heterocycles. The average Bonchev–Trinajstić information content (AvgIpc) is 2.69. The summed E-state index contributed by atoms with van der Waals surface area (Å²) in [5.74, 6) is 0. The molecule has 0 unspecified atom stereocenters. The van der Waals surface area contributed by atoms with Gasteiger partial charge in [-0.2, -0.15) is 0 Å². The van der Waals surface area contributed by atoms with Crippen molar-refractivity contribution in [2.24, 2.45) is 0 Å². The van der Waals surface area contributed by atoms with E-state index in [1.54, 1.807) is 19.1 Å². The van der Waals surface area contributed by atoms with Crippen LogP contribution in [0.1, 0.15) is 12.8 Å². The van der Waals surface area contributed by atoms with E-state index in [0.717, 1.165) is 12.8 Å². The van der Waals surface area contributed by atoms with Crippen molar-refractivity contribution in [2.75, 3.05) is 20.8 Å². The number of carbonyl (C=O) groups excluding carboxylic acids is 1. The highest BCUT2D eigenvalue weighted by atomic mass is 35.5. The number of carbonyl (C=O) groups is 1. The van der Waals surface area contributed by atoms with Gasteiger partial charge in [-0.3, -0.25) is 4.79 Å². The molecule has 0 heterocycles. The van der Waals surface area contributed by atoms with Gasteiger partial charge in [-0.05, 0) is 24.4 Å². The highest BCUT2D eigenvalue weighted by Crippen LogP contribution is 2.41. The molecule has 0 N–H and O–H groups in total. The first kappa shape index (κ1) is 8.81. The van der Waals surface area contributed by atoms with Crippen LogP contribution < -0.4 is 0 Å². The Labute approximate surface area is 71.3 Å². The van der Waals surface area contributed by atoms with Gasteiger partial charge in [0.2, 0.25) is 0 Å². The van der Waals surface area contributed by atoms with Gasteiger partial charge in [0, 0.05) is 14.2 Å². The van der Waals surface area contributed by atoms with E-state index in [2.05, 4.69) is 0 Å². The largest absolute Gasteiger partial charge is 0.382 e. The van der Waals surface area contributed by atoms with Crippen LogP contribution in [-0.4, -0.2) is 36.6 Å². The number of likely N-dealkylation sites (N-methyl/N-ethyl adjacent to an activating group) is 1. The molecular weight excluding hydrogens is 166 g/mol. The smallest absolute Gasteiger partial charge is 0.316 e. The lowest BCUT2D eigenvalue weighted by molar-refractivity contribution is 0.112. The second-order valence-corrected chi connectivity index (χ2v) is 3.29. The van der Waals surface area contributed by atoms with Gasteiger partial charge in [0.25, 0.3) is 0 Å². The van der Waals surface area contributed by atoms with Gasteiger partial charge in [-0.15, -0.1) is 0 Å². The lowest BCUT2D eigenvalue weighted by Crippen LogP contribution is -2.39.